The number of hydrogen-bond acceptors (Lipinski definition) is 1. The van der Waals surface area contributed by atoms with Crippen LogP contribution in [-0.2, 0) is 4.79 Å². The molecule has 0 aromatic carbocycles. The molecule has 2 nitrogen and oxygen atoms in total. The Kier molecular flexibility index (Phi) is 4.82. The number of hydrogen-bond donors (Lipinski definition) is 1. The lowest BCUT2D eigenvalue weighted by Gasteiger charge is -1.91. The summed E-state index contributed by atoms with van der Waals surface area (Å²) in [6.07, 6.45) is 7.06. The Morgan fingerprint density at radius 1 is 1.64 bits per heavy atom. The third kappa shape index (κ3) is 4.14. The third-order valence-corrected chi connectivity index (χ3v) is 1.08. The van der Waals surface area contributed by atoms with Gasteiger partial charge in [-0.25, -0.2) is 4.79 Å². The molecule has 0 saturated heterocycles. The van der Waals surface area contributed by atoms with Gasteiger partial charge in [-0.05, 0) is 12.5 Å². The molecule has 0 aromatic heterocycles. The Morgan fingerprint density at radius 2 is 2.27 bits per heavy atom. The standard InChI is InChI=1S/C9H12O2/c1-3-5-7-8(6-4-2)9(10)11/h3,5-7H,1,4H2,2H3,(H,10,11). The molecule has 60 valence electrons. The van der Waals surface area contributed by atoms with Crippen molar-refractivity contribution in [1.29, 1.82) is 0 Å². The van der Waals surface area contributed by atoms with Crippen molar-refractivity contribution in [1.82, 2.24) is 0 Å². The Morgan fingerprint density at radius 3 is 2.64 bits per heavy atom. The smallest absolute Gasteiger partial charge is 0.335 e. The van der Waals surface area contributed by atoms with Crippen LogP contribution < -0.4 is 0 Å². The molecule has 0 atom stereocenters. The maximum absolute atomic E-state index is 10.4. The SMILES string of the molecule is C=CC=CC(=CCC)C(=O)O. The van der Waals surface area contributed by atoms with Crippen LogP contribution in [0.25, 0.3) is 0 Å². The third-order valence-electron chi connectivity index (χ3n) is 1.08. The first-order valence-electron chi connectivity index (χ1n) is 3.45. The molecule has 0 amide bonds. The van der Waals surface area contributed by atoms with E-state index in [0.29, 0.717) is 5.57 Å². The van der Waals surface area contributed by atoms with Gasteiger partial charge in [-0.2, -0.15) is 0 Å². The van der Waals surface area contributed by atoms with Crippen molar-refractivity contribution >= 4 is 5.97 Å². The van der Waals surface area contributed by atoms with Gasteiger partial charge in [0.2, 0.25) is 0 Å². The summed E-state index contributed by atoms with van der Waals surface area (Å²) in [5.41, 5.74) is 0.312. The van der Waals surface area contributed by atoms with Gasteiger partial charge < -0.3 is 5.11 Å². The predicted molar refractivity (Wildman–Crippen MR) is 45.3 cm³/mol. The van der Waals surface area contributed by atoms with E-state index in [9.17, 15) is 4.79 Å². The summed E-state index contributed by atoms with van der Waals surface area (Å²) in [6, 6.07) is 0. The molecule has 0 unspecified atom stereocenters. The van der Waals surface area contributed by atoms with E-state index in [-0.39, 0.29) is 0 Å². The van der Waals surface area contributed by atoms with Crippen LogP contribution in [0.3, 0.4) is 0 Å². The molecule has 0 aliphatic heterocycles. The van der Waals surface area contributed by atoms with Crippen LogP contribution in [0.4, 0.5) is 0 Å². The number of aliphatic carboxylic acids is 1. The molecule has 0 spiro atoms. The van der Waals surface area contributed by atoms with E-state index in [2.05, 4.69) is 6.58 Å². The Balaban J connectivity index is 4.35. The molecule has 2 heteroatoms. The largest absolute Gasteiger partial charge is 0.478 e. The number of carboxylic acid groups (broad SMARTS) is 1. The lowest BCUT2D eigenvalue weighted by atomic mass is 10.2. The zero-order valence-corrected chi connectivity index (χ0v) is 6.58. The van der Waals surface area contributed by atoms with Gasteiger partial charge in [-0.1, -0.05) is 31.7 Å². The van der Waals surface area contributed by atoms with Gasteiger partial charge >= 0.3 is 5.97 Å². The predicted octanol–water partition coefficient (Wildman–Crippen LogP) is 2.15. The quantitative estimate of drug-likeness (QED) is 0.495. The lowest BCUT2D eigenvalue weighted by Crippen LogP contribution is -1.96. The minimum absolute atomic E-state index is 0.312. The second-order valence-corrected chi connectivity index (χ2v) is 1.97. The fourth-order valence-corrected chi connectivity index (χ4v) is 0.618. The summed E-state index contributed by atoms with van der Waals surface area (Å²) in [4.78, 5) is 10.4. The number of allylic oxidation sites excluding steroid dienone is 3. The fraction of sp³-hybridized carbons (Fsp3) is 0.222. The van der Waals surface area contributed by atoms with Crippen molar-refractivity contribution in [2.24, 2.45) is 0 Å². The molecule has 1 N–H and O–H groups in total. The molecule has 0 bridgehead atoms. The van der Waals surface area contributed by atoms with Gasteiger partial charge in [0.1, 0.15) is 0 Å². The molecule has 11 heavy (non-hydrogen) atoms. The van der Waals surface area contributed by atoms with Crippen molar-refractivity contribution in [2.75, 3.05) is 0 Å². The van der Waals surface area contributed by atoms with E-state index < -0.39 is 5.97 Å². The van der Waals surface area contributed by atoms with E-state index >= 15 is 0 Å². The van der Waals surface area contributed by atoms with E-state index in [1.165, 1.54) is 6.08 Å². The van der Waals surface area contributed by atoms with Crippen LogP contribution in [0.2, 0.25) is 0 Å². The van der Waals surface area contributed by atoms with Crippen molar-refractivity contribution < 1.29 is 9.90 Å². The molecule has 0 heterocycles. The normalized spacial score (nSPS) is 11.9. The Bertz CT molecular complexity index is 200. The van der Waals surface area contributed by atoms with Crippen molar-refractivity contribution in [3.05, 3.63) is 36.5 Å². The molecule has 0 aliphatic rings. The maximum atomic E-state index is 10.4. The monoisotopic (exact) mass is 152 g/mol. The topological polar surface area (TPSA) is 37.3 Å². The van der Waals surface area contributed by atoms with E-state index in [0.717, 1.165) is 6.42 Å². The summed E-state index contributed by atoms with van der Waals surface area (Å²) < 4.78 is 0. The highest BCUT2D eigenvalue weighted by Gasteiger charge is 1.99. The van der Waals surface area contributed by atoms with Gasteiger partial charge in [0.05, 0.1) is 5.57 Å². The van der Waals surface area contributed by atoms with E-state index in [4.69, 9.17) is 5.11 Å². The second kappa shape index (κ2) is 5.47. The van der Waals surface area contributed by atoms with Crippen molar-refractivity contribution in [3.8, 4) is 0 Å². The van der Waals surface area contributed by atoms with E-state index in [1.54, 1.807) is 18.2 Å². The fourth-order valence-electron chi connectivity index (χ4n) is 0.618. The summed E-state index contributed by atoms with van der Waals surface area (Å²) in [7, 11) is 0. The summed E-state index contributed by atoms with van der Waals surface area (Å²) in [5, 5.41) is 8.58. The molecule has 0 aromatic rings. The first kappa shape index (κ1) is 9.69. The highest BCUT2D eigenvalue weighted by Crippen LogP contribution is 1.98. The van der Waals surface area contributed by atoms with Crippen LogP contribution in [0.5, 0.6) is 0 Å². The average molecular weight is 152 g/mol. The highest BCUT2D eigenvalue weighted by molar-refractivity contribution is 5.89. The van der Waals surface area contributed by atoms with Crippen LogP contribution >= 0.6 is 0 Å². The van der Waals surface area contributed by atoms with Gasteiger partial charge in [0.15, 0.2) is 0 Å². The maximum Gasteiger partial charge on any atom is 0.335 e. The number of rotatable bonds is 4. The lowest BCUT2D eigenvalue weighted by molar-refractivity contribution is -0.132. The Labute approximate surface area is 66.5 Å². The zero-order valence-electron chi connectivity index (χ0n) is 6.58. The molecule has 0 fully saturated rings. The summed E-state index contributed by atoms with van der Waals surface area (Å²) in [6.45, 7) is 5.34. The molecule has 0 rings (SSSR count). The van der Waals surface area contributed by atoms with Crippen LogP contribution in [0.15, 0.2) is 36.5 Å². The van der Waals surface area contributed by atoms with Gasteiger partial charge in [0, 0.05) is 0 Å². The summed E-state index contributed by atoms with van der Waals surface area (Å²) in [5.74, 6) is -0.898. The molecule has 0 radical (unpaired) electrons. The minimum atomic E-state index is -0.898. The average Bonchev–Trinajstić information content (AvgIpc) is 1.97. The number of carboxylic acids is 1. The molecule has 0 aliphatic carbocycles. The Hall–Kier alpha value is -1.31. The van der Waals surface area contributed by atoms with Gasteiger partial charge in [0.25, 0.3) is 0 Å². The zero-order chi connectivity index (χ0) is 8.69. The van der Waals surface area contributed by atoms with Gasteiger partial charge in [-0.3, -0.25) is 0 Å². The van der Waals surface area contributed by atoms with E-state index in [1.807, 2.05) is 6.92 Å². The first-order valence-corrected chi connectivity index (χ1v) is 3.45. The molecule has 0 saturated carbocycles. The first-order chi connectivity index (χ1) is 5.22. The second-order valence-electron chi connectivity index (χ2n) is 1.97. The summed E-state index contributed by atoms with van der Waals surface area (Å²) >= 11 is 0. The van der Waals surface area contributed by atoms with Crippen molar-refractivity contribution in [2.45, 2.75) is 13.3 Å². The van der Waals surface area contributed by atoms with Crippen molar-refractivity contribution in [3.63, 3.8) is 0 Å². The molecular weight excluding hydrogens is 140 g/mol. The van der Waals surface area contributed by atoms with Crippen LogP contribution in [0, 0.1) is 0 Å². The number of carbonyl (C=O) groups is 1. The molecular formula is C9H12O2. The minimum Gasteiger partial charge on any atom is -0.478 e. The van der Waals surface area contributed by atoms with Crippen LogP contribution in [0.1, 0.15) is 13.3 Å². The highest BCUT2D eigenvalue weighted by atomic mass is 16.4. The van der Waals surface area contributed by atoms with Crippen LogP contribution in [-0.4, -0.2) is 11.1 Å². The van der Waals surface area contributed by atoms with Gasteiger partial charge in [-0.15, -0.1) is 0 Å².